The van der Waals surface area contributed by atoms with Crippen LogP contribution < -0.4 is 5.73 Å². The quantitative estimate of drug-likeness (QED) is 0.667. The molecular formula is C8H17NO2. The summed E-state index contributed by atoms with van der Waals surface area (Å²) < 4.78 is 5.37. The van der Waals surface area contributed by atoms with Crippen molar-refractivity contribution in [1.82, 2.24) is 0 Å². The predicted octanol–water partition coefficient (Wildman–Crippen LogP) is 1.07. The van der Waals surface area contributed by atoms with Crippen LogP contribution in [-0.2, 0) is 9.53 Å². The topological polar surface area (TPSA) is 52.3 Å². The third kappa shape index (κ3) is 3.98. The summed E-state index contributed by atoms with van der Waals surface area (Å²) in [5, 5.41) is 0. The Morgan fingerprint density at radius 2 is 2.09 bits per heavy atom. The van der Waals surface area contributed by atoms with E-state index in [9.17, 15) is 4.79 Å². The van der Waals surface area contributed by atoms with Gasteiger partial charge in [0.1, 0.15) is 6.10 Å². The molecule has 0 aliphatic heterocycles. The van der Waals surface area contributed by atoms with Gasteiger partial charge in [-0.05, 0) is 27.2 Å². The molecule has 11 heavy (non-hydrogen) atoms. The SMILES string of the molecule is CCC(C)(C)OC(C)C(N)=O. The zero-order valence-corrected chi connectivity index (χ0v) is 7.68. The summed E-state index contributed by atoms with van der Waals surface area (Å²) in [5.41, 5.74) is 4.78. The molecule has 0 heterocycles. The highest BCUT2D eigenvalue weighted by Crippen LogP contribution is 2.15. The molecule has 3 nitrogen and oxygen atoms in total. The number of amides is 1. The van der Waals surface area contributed by atoms with Crippen molar-refractivity contribution in [1.29, 1.82) is 0 Å². The standard InChI is InChI=1S/C8H17NO2/c1-5-8(3,4)11-6(2)7(9)10/h6H,5H2,1-4H3,(H2,9,10). The van der Waals surface area contributed by atoms with Crippen LogP contribution in [0.5, 0.6) is 0 Å². The van der Waals surface area contributed by atoms with Crippen molar-refractivity contribution in [2.75, 3.05) is 0 Å². The minimum Gasteiger partial charge on any atom is -0.367 e. The Morgan fingerprint density at radius 3 is 2.36 bits per heavy atom. The van der Waals surface area contributed by atoms with Crippen LogP contribution in [-0.4, -0.2) is 17.6 Å². The van der Waals surface area contributed by atoms with E-state index in [2.05, 4.69) is 0 Å². The number of nitrogens with two attached hydrogens (primary N) is 1. The number of carbonyl (C=O) groups is 1. The van der Waals surface area contributed by atoms with Gasteiger partial charge in [-0.3, -0.25) is 4.79 Å². The first kappa shape index (κ1) is 10.4. The molecule has 0 saturated heterocycles. The van der Waals surface area contributed by atoms with Crippen LogP contribution >= 0.6 is 0 Å². The number of rotatable bonds is 4. The van der Waals surface area contributed by atoms with Crippen LogP contribution in [0.25, 0.3) is 0 Å². The van der Waals surface area contributed by atoms with E-state index in [0.29, 0.717) is 0 Å². The zero-order valence-electron chi connectivity index (χ0n) is 7.68. The molecule has 0 aliphatic carbocycles. The van der Waals surface area contributed by atoms with Gasteiger partial charge >= 0.3 is 0 Å². The summed E-state index contributed by atoms with van der Waals surface area (Å²) >= 11 is 0. The van der Waals surface area contributed by atoms with Crippen molar-refractivity contribution in [2.24, 2.45) is 5.73 Å². The molecule has 0 aromatic carbocycles. The summed E-state index contributed by atoms with van der Waals surface area (Å²) in [6.45, 7) is 7.55. The van der Waals surface area contributed by atoms with Crippen molar-refractivity contribution in [3.8, 4) is 0 Å². The van der Waals surface area contributed by atoms with E-state index in [0.717, 1.165) is 6.42 Å². The molecule has 2 N–H and O–H groups in total. The van der Waals surface area contributed by atoms with Gasteiger partial charge in [0, 0.05) is 0 Å². The van der Waals surface area contributed by atoms with Gasteiger partial charge < -0.3 is 10.5 Å². The van der Waals surface area contributed by atoms with Gasteiger partial charge in [0.15, 0.2) is 0 Å². The molecule has 0 fully saturated rings. The van der Waals surface area contributed by atoms with Crippen molar-refractivity contribution >= 4 is 5.91 Å². The fraction of sp³-hybridized carbons (Fsp3) is 0.875. The third-order valence-electron chi connectivity index (χ3n) is 1.75. The summed E-state index contributed by atoms with van der Waals surface area (Å²) in [5.74, 6) is -0.411. The van der Waals surface area contributed by atoms with Gasteiger partial charge in [0.2, 0.25) is 5.91 Å². The van der Waals surface area contributed by atoms with Crippen LogP contribution in [0.1, 0.15) is 34.1 Å². The number of carbonyl (C=O) groups excluding carboxylic acids is 1. The Kier molecular flexibility index (Phi) is 3.52. The Morgan fingerprint density at radius 1 is 1.64 bits per heavy atom. The van der Waals surface area contributed by atoms with Gasteiger partial charge in [-0.2, -0.15) is 0 Å². The Balaban J connectivity index is 3.93. The smallest absolute Gasteiger partial charge is 0.246 e. The molecule has 1 amide bonds. The predicted molar refractivity (Wildman–Crippen MR) is 44.1 cm³/mol. The van der Waals surface area contributed by atoms with Crippen LogP contribution in [0.4, 0.5) is 0 Å². The van der Waals surface area contributed by atoms with Crippen molar-refractivity contribution in [3.05, 3.63) is 0 Å². The van der Waals surface area contributed by atoms with E-state index in [-0.39, 0.29) is 5.60 Å². The van der Waals surface area contributed by atoms with E-state index in [1.807, 2.05) is 20.8 Å². The molecule has 0 aromatic rings. The van der Waals surface area contributed by atoms with Crippen LogP contribution in [0.3, 0.4) is 0 Å². The van der Waals surface area contributed by atoms with Crippen LogP contribution in [0, 0.1) is 0 Å². The minimum atomic E-state index is -0.495. The summed E-state index contributed by atoms with van der Waals surface area (Å²) in [7, 11) is 0. The lowest BCUT2D eigenvalue weighted by atomic mass is 10.1. The van der Waals surface area contributed by atoms with Crippen molar-refractivity contribution < 1.29 is 9.53 Å². The number of ether oxygens (including phenoxy) is 1. The Labute approximate surface area is 67.9 Å². The third-order valence-corrected chi connectivity index (χ3v) is 1.75. The van der Waals surface area contributed by atoms with Gasteiger partial charge in [-0.15, -0.1) is 0 Å². The molecule has 0 radical (unpaired) electrons. The lowest BCUT2D eigenvalue weighted by Gasteiger charge is -2.26. The maximum atomic E-state index is 10.6. The summed E-state index contributed by atoms with van der Waals surface area (Å²) in [4.78, 5) is 10.6. The molecule has 1 unspecified atom stereocenters. The molecular weight excluding hydrogens is 142 g/mol. The summed E-state index contributed by atoms with van der Waals surface area (Å²) in [6.07, 6.45) is 0.370. The van der Waals surface area contributed by atoms with Gasteiger partial charge in [0.25, 0.3) is 0 Å². The fourth-order valence-electron chi connectivity index (χ4n) is 0.620. The number of hydrogen-bond acceptors (Lipinski definition) is 2. The molecule has 0 saturated carbocycles. The second kappa shape index (κ2) is 3.72. The Hall–Kier alpha value is -0.570. The first-order valence-electron chi connectivity index (χ1n) is 3.86. The molecule has 0 aromatic heterocycles. The first-order chi connectivity index (χ1) is 4.89. The normalized spacial score (nSPS) is 14.5. The lowest BCUT2D eigenvalue weighted by molar-refractivity contribution is -0.139. The largest absolute Gasteiger partial charge is 0.367 e. The molecule has 1 atom stereocenters. The highest BCUT2D eigenvalue weighted by Gasteiger charge is 2.21. The van der Waals surface area contributed by atoms with Gasteiger partial charge in [0.05, 0.1) is 5.60 Å². The number of hydrogen-bond donors (Lipinski definition) is 1. The van der Waals surface area contributed by atoms with E-state index < -0.39 is 12.0 Å². The minimum absolute atomic E-state index is 0.256. The van der Waals surface area contributed by atoms with Crippen LogP contribution in [0.15, 0.2) is 0 Å². The average molecular weight is 159 g/mol. The molecule has 0 aliphatic rings. The lowest BCUT2D eigenvalue weighted by Crippen LogP contribution is -2.36. The highest BCUT2D eigenvalue weighted by atomic mass is 16.5. The van der Waals surface area contributed by atoms with Gasteiger partial charge in [-0.1, -0.05) is 6.92 Å². The molecule has 3 heteroatoms. The van der Waals surface area contributed by atoms with Crippen molar-refractivity contribution in [3.63, 3.8) is 0 Å². The maximum absolute atomic E-state index is 10.6. The number of primary amides is 1. The monoisotopic (exact) mass is 159 g/mol. The molecule has 66 valence electrons. The zero-order chi connectivity index (χ0) is 9.07. The molecule has 0 bridgehead atoms. The fourth-order valence-corrected chi connectivity index (χ4v) is 0.620. The van der Waals surface area contributed by atoms with E-state index in [1.165, 1.54) is 0 Å². The first-order valence-corrected chi connectivity index (χ1v) is 3.86. The average Bonchev–Trinajstić information content (AvgIpc) is 1.87. The molecule has 0 spiro atoms. The van der Waals surface area contributed by atoms with E-state index in [1.54, 1.807) is 6.92 Å². The van der Waals surface area contributed by atoms with Gasteiger partial charge in [-0.25, -0.2) is 0 Å². The summed E-state index contributed by atoms with van der Waals surface area (Å²) in [6, 6.07) is 0. The van der Waals surface area contributed by atoms with Crippen molar-refractivity contribution in [2.45, 2.75) is 45.8 Å². The highest BCUT2D eigenvalue weighted by molar-refractivity contribution is 5.78. The maximum Gasteiger partial charge on any atom is 0.246 e. The van der Waals surface area contributed by atoms with E-state index in [4.69, 9.17) is 10.5 Å². The second-order valence-electron chi connectivity index (χ2n) is 3.28. The van der Waals surface area contributed by atoms with Crippen LogP contribution in [0.2, 0.25) is 0 Å². The molecule has 0 rings (SSSR count). The Bertz CT molecular complexity index is 143. The second-order valence-corrected chi connectivity index (χ2v) is 3.28. The van der Waals surface area contributed by atoms with E-state index >= 15 is 0 Å².